The normalized spacial score (nSPS) is 11.9. The predicted octanol–water partition coefficient (Wildman–Crippen LogP) is 2.57. The van der Waals surface area contributed by atoms with E-state index in [1.165, 1.54) is 24.5 Å². The third-order valence-corrected chi connectivity index (χ3v) is 3.25. The molecule has 2 rings (SSSR count). The molecule has 4 nitrogen and oxygen atoms in total. The van der Waals surface area contributed by atoms with Crippen molar-refractivity contribution < 1.29 is 9.52 Å². The fourth-order valence-corrected chi connectivity index (χ4v) is 2.12. The van der Waals surface area contributed by atoms with Crippen LogP contribution in [0.25, 0.3) is 0 Å². The van der Waals surface area contributed by atoms with Crippen LogP contribution in [0.2, 0.25) is 0 Å². The number of aromatic nitrogens is 1. The van der Waals surface area contributed by atoms with Gasteiger partial charge in [-0.2, -0.15) is 4.73 Å². The molecule has 1 aromatic carbocycles. The second-order valence-electron chi connectivity index (χ2n) is 4.20. The van der Waals surface area contributed by atoms with Gasteiger partial charge in [0.05, 0.1) is 11.6 Å². The van der Waals surface area contributed by atoms with E-state index in [0.717, 1.165) is 10.0 Å². The van der Waals surface area contributed by atoms with Crippen LogP contribution in [0.3, 0.4) is 0 Å². The van der Waals surface area contributed by atoms with Crippen LogP contribution in [0.5, 0.6) is 0 Å². The van der Waals surface area contributed by atoms with E-state index in [4.69, 9.17) is 0 Å². The van der Waals surface area contributed by atoms with Gasteiger partial charge in [0.25, 0.3) is 5.91 Å². The summed E-state index contributed by atoms with van der Waals surface area (Å²) in [6.07, 6.45) is 2.61. The molecule has 1 aromatic heterocycles. The van der Waals surface area contributed by atoms with Crippen molar-refractivity contribution >= 4 is 21.8 Å². The number of nitrogens with one attached hydrogen (secondary N) is 1. The fraction of sp³-hybridized carbons (Fsp3) is 0.143. The molecule has 2 aromatic rings. The van der Waals surface area contributed by atoms with E-state index in [1.807, 2.05) is 31.2 Å². The van der Waals surface area contributed by atoms with Crippen molar-refractivity contribution in [3.63, 3.8) is 0 Å². The molecule has 1 heterocycles. The average molecular weight is 321 g/mol. The summed E-state index contributed by atoms with van der Waals surface area (Å²) in [5.41, 5.74) is 1.48. The van der Waals surface area contributed by atoms with E-state index < -0.39 is 0 Å². The maximum absolute atomic E-state index is 12.0. The number of pyridine rings is 1. The first-order valence-electron chi connectivity index (χ1n) is 5.81. The Labute approximate surface area is 119 Å². The predicted molar refractivity (Wildman–Crippen MR) is 75.4 cm³/mol. The molecule has 1 N–H and O–H groups in total. The third-order valence-electron chi connectivity index (χ3n) is 2.76. The first-order valence-corrected chi connectivity index (χ1v) is 6.61. The standard InChI is InChI=1S/C14H13BrN2O2/c1-10(12-3-2-4-13(15)9-12)16-14(18)11-5-7-17(19)8-6-11/h2-10H,1H3,(H,16,18). The SMILES string of the molecule is CC(NC(=O)c1cc[n+]([O-])cc1)c1cccc(Br)c1. The van der Waals surface area contributed by atoms with E-state index in [1.54, 1.807) is 0 Å². The summed E-state index contributed by atoms with van der Waals surface area (Å²) in [4.78, 5) is 12.0. The highest BCUT2D eigenvalue weighted by molar-refractivity contribution is 9.10. The smallest absolute Gasteiger partial charge is 0.252 e. The van der Waals surface area contributed by atoms with Crippen LogP contribution in [0, 0.1) is 5.21 Å². The molecule has 1 unspecified atom stereocenters. The van der Waals surface area contributed by atoms with Gasteiger partial charge in [0, 0.05) is 16.6 Å². The Balaban J connectivity index is 2.08. The largest absolute Gasteiger partial charge is 0.619 e. The zero-order valence-corrected chi connectivity index (χ0v) is 11.9. The van der Waals surface area contributed by atoms with Crippen LogP contribution >= 0.6 is 15.9 Å². The summed E-state index contributed by atoms with van der Waals surface area (Å²) < 4.78 is 1.62. The number of halogens is 1. The molecule has 0 saturated heterocycles. The Morgan fingerprint density at radius 3 is 2.63 bits per heavy atom. The average Bonchev–Trinajstić information content (AvgIpc) is 2.39. The van der Waals surface area contributed by atoms with E-state index in [0.29, 0.717) is 10.3 Å². The first-order chi connectivity index (χ1) is 9.06. The summed E-state index contributed by atoms with van der Waals surface area (Å²) in [7, 11) is 0. The minimum absolute atomic E-state index is 0.107. The minimum atomic E-state index is -0.201. The van der Waals surface area contributed by atoms with Crippen LogP contribution in [0.1, 0.15) is 28.9 Å². The van der Waals surface area contributed by atoms with Crippen LogP contribution in [0.15, 0.2) is 53.3 Å². The van der Waals surface area contributed by atoms with Crippen LogP contribution in [-0.4, -0.2) is 5.91 Å². The molecular formula is C14H13BrN2O2. The van der Waals surface area contributed by atoms with Crippen LogP contribution in [0.4, 0.5) is 0 Å². The van der Waals surface area contributed by atoms with Gasteiger partial charge in [0.2, 0.25) is 0 Å². The summed E-state index contributed by atoms with van der Waals surface area (Å²) >= 11 is 3.40. The lowest BCUT2D eigenvalue weighted by Crippen LogP contribution is -2.29. The summed E-state index contributed by atoms with van der Waals surface area (Å²) in [6, 6.07) is 10.7. The molecule has 1 amide bonds. The van der Waals surface area contributed by atoms with Gasteiger partial charge in [-0.25, -0.2) is 0 Å². The number of carbonyl (C=O) groups is 1. The number of hydrogen-bond acceptors (Lipinski definition) is 2. The van der Waals surface area contributed by atoms with Crippen LogP contribution < -0.4 is 10.0 Å². The Kier molecular flexibility index (Phi) is 4.16. The molecule has 0 aliphatic rings. The van der Waals surface area contributed by atoms with E-state index in [-0.39, 0.29) is 11.9 Å². The lowest BCUT2D eigenvalue weighted by molar-refractivity contribution is -0.605. The molecule has 0 aliphatic heterocycles. The van der Waals surface area contributed by atoms with E-state index in [2.05, 4.69) is 21.2 Å². The Morgan fingerprint density at radius 2 is 2.00 bits per heavy atom. The summed E-state index contributed by atoms with van der Waals surface area (Å²) in [5, 5.41) is 13.8. The number of carbonyl (C=O) groups excluding carboxylic acids is 1. The van der Waals surface area contributed by atoms with Gasteiger partial charge in [-0.15, -0.1) is 0 Å². The number of nitrogens with zero attached hydrogens (tertiary/aromatic N) is 1. The number of amides is 1. The van der Waals surface area contributed by atoms with Crippen molar-refractivity contribution in [2.24, 2.45) is 0 Å². The zero-order valence-electron chi connectivity index (χ0n) is 10.3. The van der Waals surface area contributed by atoms with Gasteiger partial charge in [0.1, 0.15) is 0 Å². The van der Waals surface area contributed by atoms with Gasteiger partial charge < -0.3 is 10.5 Å². The number of hydrogen-bond donors (Lipinski definition) is 1. The maximum Gasteiger partial charge on any atom is 0.252 e. The van der Waals surface area contributed by atoms with Gasteiger partial charge >= 0.3 is 0 Å². The second kappa shape index (κ2) is 5.84. The first kappa shape index (κ1) is 13.5. The topological polar surface area (TPSA) is 56.0 Å². The van der Waals surface area contributed by atoms with Gasteiger partial charge in [-0.3, -0.25) is 4.79 Å². The fourth-order valence-electron chi connectivity index (χ4n) is 1.70. The van der Waals surface area contributed by atoms with Crippen molar-refractivity contribution in [2.45, 2.75) is 13.0 Å². The van der Waals surface area contributed by atoms with Gasteiger partial charge in [-0.05, 0) is 24.6 Å². The third kappa shape index (κ3) is 3.54. The molecule has 0 spiro atoms. The summed E-state index contributed by atoms with van der Waals surface area (Å²) in [5.74, 6) is -0.201. The summed E-state index contributed by atoms with van der Waals surface area (Å²) in [6.45, 7) is 1.91. The minimum Gasteiger partial charge on any atom is -0.619 e. The molecule has 0 saturated carbocycles. The monoisotopic (exact) mass is 320 g/mol. The van der Waals surface area contributed by atoms with Crippen molar-refractivity contribution in [1.82, 2.24) is 5.32 Å². The number of benzene rings is 1. The Morgan fingerprint density at radius 1 is 1.32 bits per heavy atom. The molecule has 0 aliphatic carbocycles. The highest BCUT2D eigenvalue weighted by Crippen LogP contribution is 2.18. The molecule has 98 valence electrons. The maximum atomic E-state index is 12.0. The zero-order chi connectivity index (χ0) is 13.8. The molecule has 0 bridgehead atoms. The Bertz CT molecular complexity index is 584. The van der Waals surface area contributed by atoms with Crippen molar-refractivity contribution in [1.29, 1.82) is 0 Å². The molecule has 1 atom stereocenters. The quantitative estimate of drug-likeness (QED) is 0.698. The highest BCUT2D eigenvalue weighted by Gasteiger charge is 2.12. The number of rotatable bonds is 3. The molecular weight excluding hydrogens is 308 g/mol. The van der Waals surface area contributed by atoms with E-state index in [9.17, 15) is 10.0 Å². The second-order valence-corrected chi connectivity index (χ2v) is 5.11. The molecule has 0 radical (unpaired) electrons. The lowest BCUT2D eigenvalue weighted by atomic mass is 10.1. The van der Waals surface area contributed by atoms with Gasteiger partial charge in [0.15, 0.2) is 12.4 Å². The van der Waals surface area contributed by atoms with Crippen LogP contribution in [-0.2, 0) is 0 Å². The van der Waals surface area contributed by atoms with Crippen molar-refractivity contribution in [3.05, 3.63) is 69.6 Å². The molecule has 0 fully saturated rings. The highest BCUT2D eigenvalue weighted by atomic mass is 79.9. The molecule has 19 heavy (non-hydrogen) atoms. The Hall–Kier alpha value is -1.88. The van der Waals surface area contributed by atoms with Crippen molar-refractivity contribution in [3.8, 4) is 0 Å². The van der Waals surface area contributed by atoms with Crippen molar-refractivity contribution in [2.75, 3.05) is 0 Å². The van der Waals surface area contributed by atoms with E-state index >= 15 is 0 Å². The van der Waals surface area contributed by atoms with Gasteiger partial charge in [-0.1, -0.05) is 28.1 Å². The molecule has 5 heteroatoms. The lowest BCUT2D eigenvalue weighted by Gasteiger charge is -2.14.